The molecule has 1 heterocycles. The van der Waals surface area contributed by atoms with Crippen LogP contribution in [-0.2, 0) is 9.53 Å². The summed E-state index contributed by atoms with van der Waals surface area (Å²) >= 11 is 0. The van der Waals surface area contributed by atoms with E-state index in [-0.39, 0.29) is 19.6 Å². The minimum atomic E-state index is -1.68. The van der Waals surface area contributed by atoms with E-state index < -0.39 is 40.4 Å². The summed E-state index contributed by atoms with van der Waals surface area (Å²) < 4.78 is 44.4. The maximum Gasteiger partial charge on any atom is 0.332 e. The first kappa shape index (κ1) is 16.3. The summed E-state index contributed by atoms with van der Waals surface area (Å²) in [6, 6.07) is 1.11. The molecule has 1 aromatic carbocycles. The molecule has 1 aliphatic heterocycles. The minimum absolute atomic E-state index is 0.106. The molecule has 1 unspecified atom stereocenters. The maximum atomic E-state index is 13.3. The first-order chi connectivity index (χ1) is 10.3. The van der Waals surface area contributed by atoms with E-state index >= 15 is 0 Å². The average molecular weight is 317 g/mol. The molecule has 0 aliphatic carbocycles. The zero-order valence-corrected chi connectivity index (χ0v) is 11.7. The predicted molar refractivity (Wildman–Crippen MR) is 68.8 cm³/mol. The van der Waals surface area contributed by atoms with Gasteiger partial charge in [0.25, 0.3) is 5.91 Å². The Bertz CT molecular complexity index is 599. The van der Waals surface area contributed by atoms with E-state index in [9.17, 15) is 27.9 Å². The second-order valence-electron chi connectivity index (χ2n) is 5.08. The molecule has 5 nitrogen and oxygen atoms in total. The Kier molecular flexibility index (Phi) is 4.41. The van der Waals surface area contributed by atoms with Crippen molar-refractivity contribution in [3.8, 4) is 0 Å². The van der Waals surface area contributed by atoms with Crippen LogP contribution in [0, 0.1) is 17.5 Å². The number of likely N-dealkylation sites (tertiary alicyclic amines) is 1. The molecule has 0 radical (unpaired) electrons. The van der Waals surface area contributed by atoms with E-state index in [0.29, 0.717) is 18.6 Å². The molecule has 120 valence electrons. The highest BCUT2D eigenvalue weighted by Gasteiger charge is 2.50. The number of methoxy groups -OCH3 is 1. The number of amides is 1. The number of carbonyl (C=O) groups is 2. The fraction of sp³-hybridized carbons (Fsp3) is 0.429. The molecule has 1 aromatic rings. The van der Waals surface area contributed by atoms with Gasteiger partial charge in [-0.3, -0.25) is 4.79 Å². The fourth-order valence-electron chi connectivity index (χ4n) is 2.68. The van der Waals surface area contributed by atoms with E-state index in [0.717, 1.165) is 4.90 Å². The third-order valence-corrected chi connectivity index (χ3v) is 3.75. The number of carbonyl (C=O) groups excluding carboxylic acids is 1. The lowest BCUT2D eigenvalue weighted by Gasteiger charge is -2.34. The van der Waals surface area contributed by atoms with Crippen molar-refractivity contribution in [1.82, 2.24) is 4.90 Å². The zero-order chi connectivity index (χ0) is 16.5. The van der Waals surface area contributed by atoms with Crippen molar-refractivity contribution in [2.24, 2.45) is 0 Å². The van der Waals surface area contributed by atoms with Gasteiger partial charge < -0.3 is 14.7 Å². The summed E-state index contributed by atoms with van der Waals surface area (Å²) in [6.07, 6.45) is 0.571. The summed E-state index contributed by atoms with van der Waals surface area (Å²) in [5.41, 5.74) is -2.03. The number of rotatable bonds is 4. The van der Waals surface area contributed by atoms with Gasteiger partial charge in [-0.1, -0.05) is 0 Å². The van der Waals surface area contributed by atoms with Crippen LogP contribution < -0.4 is 0 Å². The Balaban J connectivity index is 2.41. The van der Waals surface area contributed by atoms with Gasteiger partial charge in [0.2, 0.25) is 0 Å². The fourth-order valence-corrected chi connectivity index (χ4v) is 2.68. The summed E-state index contributed by atoms with van der Waals surface area (Å²) in [5, 5.41) is 9.43. The summed E-state index contributed by atoms with van der Waals surface area (Å²) in [6.45, 7) is -0.144. The van der Waals surface area contributed by atoms with Gasteiger partial charge in [-0.2, -0.15) is 0 Å². The molecule has 0 saturated carbocycles. The number of aliphatic carboxylic acids is 1. The predicted octanol–water partition coefficient (Wildman–Crippen LogP) is 1.81. The highest BCUT2D eigenvalue weighted by Crippen LogP contribution is 2.32. The molecule has 22 heavy (non-hydrogen) atoms. The van der Waals surface area contributed by atoms with Crippen molar-refractivity contribution in [3.05, 3.63) is 35.1 Å². The quantitative estimate of drug-likeness (QED) is 0.860. The van der Waals surface area contributed by atoms with Crippen LogP contribution in [0.1, 0.15) is 23.2 Å². The molecular weight excluding hydrogens is 303 g/mol. The number of ether oxygens (including phenoxy) is 1. The number of hydrogen-bond donors (Lipinski definition) is 1. The number of carboxylic acid groups (broad SMARTS) is 1. The Hall–Kier alpha value is -2.09. The summed E-state index contributed by atoms with van der Waals surface area (Å²) in [5.74, 6) is -6.83. The van der Waals surface area contributed by atoms with Crippen molar-refractivity contribution in [1.29, 1.82) is 0 Å². The molecule has 2 rings (SSSR count). The van der Waals surface area contributed by atoms with Crippen molar-refractivity contribution in [2.75, 3.05) is 20.3 Å². The molecule has 0 bridgehead atoms. The lowest BCUT2D eigenvalue weighted by molar-refractivity contribution is -0.151. The monoisotopic (exact) mass is 317 g/mol. The molecule has 1 atom stereocenters. The molecule has 0 aromatic heterocycles. The number of hydrogen-bond acceptors (Lipinski definition) is 3. The molecule has 1 fully saturated rings. The van der Waals surface area contributed by atoms with Crippen molar-refractivity contribution in [2.45, 2.75) is 18.4 Å². The van der Waals surface area contributed by atoms with Gasteiger partial charge >= 0.3 is 5.97 Å². The molecule has 1 saturated heterocycles. The van der Waals surface area contributed by atoms with E-state index in [4.69, 9.17) is 4.74 Å². The second-order valence-corrected chi connectivity index (χ2v) is 5.08. The highest BCUT2D eigenvalue weighted by molar-refractivity contribution is 5.98. The zero-order valence-electron chi connectivity index (χ0n) is 11.7. The maximum absolute atomic E-state index is 13.3. The Morgan fingerprint density at radius 1 is 1.32 bits per heavy atom. The van der Waals surface area contributed by atoms with Crippen LogP contribution in [0.25, 0.3) is 0 Å². The SMILES string of the molecule is COCC1(C(=O)O)CCCN1C(=O)c1cc(F)c(F)c(F)c1. The molecule has 8 heteroatoms. The van der Waals surface area contributed by atoms with Crippen LogP contribution in [0.3, 0.4) is 0 Å². The van der Waals surface area contributed by atoms with Crippen molar-refractivity contribution in [3.63, 3.8) is 0 Å². The Labute approximate surface area is 124 Å². The van der Waals surface area contributed by atoms with Gasteiger partial charge in [0.05, 0.1) is 6.61 Å². The Morgan fingerprint density at radius 2 is 1.91 bits per heavy atom. The van der Waals surface area contributed by atoms with E-state index in [2.05, 4.69) is 0 Å². The molecule has 1 aliphatic rings. The smallest absolute Gasteiger partial charge is 0.332 e. The molecule has 1 amide bonds. The number of benzene rings is 1. The number of nitrogens with zero attached hydrogens (tertiary/aromatic N) is 1. The number of halogens is 3. The van der Waals surface area contributed by atoms with Gasteiger partial charge in [0.1, 0.15) is 0 Å². The van der Waals surface area contributed by atoms with Gasteiger partial charge in [-0.25, -0.2) is 18.0 Å². The largest absolute Gasteiger partial charge is 0.479 e. The first-order valence-corrected chi connectivity index (χ1v) is 6.52. The Morgan fingerprint density at radius 3 is 2.41 bits per heavy atom. The van der Waals surface area contributed by atoms with Gasteiger partial charge in [-0.05, 0) is 25.0 Å². The minimum Gasteiger partial charge on any atom is -0.479 e. The normalized spacial score (nSPS) is 21.2. The lowest BCUT2D eigenvalue weighted by Crippen LogP contribution is -2.56. The number of carboxylic acids is 1. The lowest BCUT2D eigenvalue weighted by atomic mass is 9.96. The van der Waals surface area contributed by atoms with E-state index in [1.54, 1.807) is 0 Å². The van der Waals surface area contributed by atoms with Crippen molar-refractivity contribution < 1.29 is 32.6 Å². The van der Waals surface area contributed by atoms with Crippen molar-refractivity contribution >= 4 is 11.9 Å². The standard InChI is InChI=1S/C14H14F3NO4/c1-22-7-14(13(20)21)3-2-4-18(14)12(19)8-5-9(15)11(17)10(16)6-8/h5-6H,2-4,7H2,1H3,(H,20,21). The van der Waals surface area contributed by atoms with Crippen LogP contribution in [-0.4, -0.2) is 47.7 Å². The first-order valence-electron chi connectivity index (χ1n) is 6.52. The van der Waals surface area contributed by atoms with Crippen LogP contribution in [0.4, 0.5) is 13.2 Å². The van der Waals surface area contributed by atoms with Crippen LogP contribution >= 0.6 is 0 Å². The van der Waals surface area contributed by atoms with Crippen LogP contribution in [0.2, 0.25) is 0 Å². The molecular formula is C14H14F3NO4. The summed E-state index contributed by atoms with van der Waals surface area (Å²) in [4.78, 5) is 25.0. The highest BCUT2D eigenvalue weighted by atomic mass is 19.2. The second kappa shape index (κ2) is 5.96. The summed E-state index contributed by atoms with van der Waals surface area (Å²) in [7, 11) is 1.29. The van der Waals surface area contributed by atoms with Gasteiger partial charge in [-0.15, -0.1) is 0 Å². The van der Waals surface area contributed by atoms with Gasteiger partial charge in [0, 0.05) is 19.2 Å². The third-order valence-electron chi connectivity index (χ3n) is 3.75. The van der Waals surface area contributed by atoms with Crippen LogP contribution in [0.5, 0.6) is 0 Å². The molecule has 1 N–H and O–H groups in total. The van der Waals surface area contributed by atoms with Gasteiger partial charge in [0.15, 0.2) is 23.0 Å². The third kappa shape index (κ3) is 2.54. The topological polar surface area (TPSA) is 66.8 Å². The van der Waals surface area contributed by atoms with Crippen LogP contribution in [0.15, 0.2) is 12.1 Å². The van der Waals surface area contributed by atoms with E-state index in [1.165, 1.54) is 7.11 Å². The molecule has 0 spiro atoms. The average Bonchev–Trinajstić information content (AvgIpc) is 2.89. The van der Waals surface area contributed by atoms with E-state index in [1.807, 2.05) is 0 Å².